The van der Waals surface area contributed by atoms with Crippen LogP contribution >= 0.6 is 0 Å². The fraction of sp³-hybridized carbons (Fsp3) is 0.500. The van der Waals surface area contributed by atoms with Crippen LogP contribution in [0.1, 0.15) is 25.7 Å². The van der Waals surface area contributed by atoms with Gasteiger partial charge in [0.15, 0.2) is 0 Å². The topological polar surface area (TPSA) is 115 Å². The highest BCUT2D eigenvalue weighted by Crippen LogP contribution is 2.21. The van der Waals surface area contributed by atoms with Gasteiger partial charge in [-0.05, 0) is 25.3 Å². The number of nitro benzene ring substituents is 1. The fourth-order valence-electron chi connectivity index (χ4n) is 2.39. The van der Waals surface area contributed by atoms with E-state index in [4.69, 9.17) is 5.73 Å². The average Bonchev–Trinajstić information content (AvgIpc) is 2.38. The molecule has 1 aliphatic carbocycles. The van der Waals surface area contributed by atoms with E-state index in [1.807, 2.05) is 0 Å². The molecule has 20 heavy (non-hydrogen) atoms. The van der Waals surface area contributed by atoms with Crippen LogP contribution in [0.15, 0.2) is 29.2 Å². The van der Waals surface area contributed by atoms with Gasteiger partial charge in [-0.3, -0.25) is 10.1 Å². The van der Waals surface area contributed by atoms with E-state index in [9.17, 15) is 18.5 Å². The zero-order valence-corrected chi connectivity index (χ0v) is 11.7. The second-order valence-corrected chi connectivity index (χ2v) is 6.71. The van der Waals surface area contributed by atoms with Crippen molar-refractivity contribution in [2.45, 2.75) is 42.7 Å². The quantitative estimate of drug-likeness (QED) is 0.639. The number of rotatable bonds is 4. The lowest BCUT2D eigenvalue weighted by atomic mass is 9.92. The summed E-state index contributed by atoms with van der Waals surface area (Å²) in [4.78, 5) is 9.98. The molecular weight excluding hydrogens is 282 g/mol. The Hall–Kier alpha value is -1.51. The summed E-state index contributed by atoms with van der Waals surface area (Å²) in [5, 5.41) is 10.7. The van der Waals surface area contributed by atoms with Gasteiger partial charge < -0.3 is 5.73 Å². The summed E-state index contributed by atoms with van der Waals surface area (Å²) in [7, 11) is -3.75. The predicted octanol–water partition coefficient (Wildman–Crippen LogP) is 1.14. The molecule has 1 saturated carbocycles. The first-order chi connectivity index (χ1) is 9.38. The van der Waals surface area contributed by atoms with Crippen LogP contribution < -0.4 is 10.5 Å². The van der Waals surface area contributed by atoms with Crippen molar-refractivity contribution in [3.8, 4) is 0 Å². The van der Waals surface area contributed by atoms with Crippen LogP contribution in [0.2, 0.25) is 0 Å². The van der Waals surface area contributed by atoms with E-state index < -0.39 is 14.9 Å². The van der Waals surface area contributed by atoms with Gasteiger partial charge in [0.2, 0.25) is 10.0 Å². The molecule has 0 amide bonds. The SMILES string of the molecule is NC1CCCC(NS(=O)(=O)c2cccc([N+](=O)[O-])c2)C1. The van der Waals surface area contributed by atoms with Gasteiger partial charge in [-0.15, -0.1) is 0 Å². The molecule has 0 radical (unpaired) electrons. The summed E-state index contributed by atoms with van der Waals surface area (Å²) in [6.07, 6.45) is 3.11. The smallest absolute Gasteiger partial charge is 0.270 e. The van der Waals surface area contributed by atoms with Crippen molar-refractivity contribution in [3.05, 3.63) is 34.4 Å². The molecule has 0 aliphatic heterocycles. The monoisotopic (exact) mass is 299 g/mol. The predicted molar refractivity (Wildman–Crippen MR) is 73.6 cm³/mol. The lowest BCUT2D eigenvalue weighted by Crippen LogP contribution is -2.42. The van der Waals surface area contributed by atoms with Crippen molar-refractivity contribution in [2.24, 2.45) is 5.73 Å². The van der Waals surface area contributed by atoms with E-state index in [0.717, 1.165) is 25.3 Å². The summed E-state index contributed by atoms with van der Waals surface area (Å²) < 4.78 is 27.0. The second kappa shape index (κ2) is 5.86. The molecule has 2 unspecified atom stereocenters. The highest BCUT2D eigenvalue weighted by molar-refractivity contribution is 7.89. The Morgan fingerprint density at radius 2 is 2.10 bits per heavy atom. The minimum atomic E-state index is -3.75. The highest BCUT2D eigenvalue weighted by Gasteiger charge is 2.25. The second-order valence-electron chi connectivity index (χ2n) is 5.00. The molecule has 3 N–H and O–H groups in total. The Labute approximate surface area is 117 Å². The van der Waals surface area contributed by atoms with Gasteiger partial charge in [0, 0.05) is 24.2 Å². The van der Waals surface area contributed by atoms with Crippen molar-refractivity contribution in [1.82, 2.24) is 4.72 Å². The molecule has 0 bridgehead atoms. The number of non-ortho nitro benzene ring substituents is 1. The number of nitro groups is 1. The fourth-order valence-corrected chi connectivity index (χ4v) is 3.71. The van der Waals surface area contributed by atoms with Gasteiger partial charge in [0.1, 0.15) is 0 Å². The molecule has 1 fully saturated rings. The van der Waals surface area contributed by atoms with Crippen LogP contribution in [-0.2, 0) is 10.0 Å². The molecule has 1 aromatic rings. The summed E-state index contributed by atoms with van der Waals surface area (Å²) in [5.41, 5.74) is 5.58. The first kappa shape index (κ1) is 14.9. The normalized spacial score (nSPS) is 23.4. The summed E-state index contributed by atoms with van der Waals surface area (Å²) in [6.45, 7) is 0. The molecule has 8 heteroatoms. The van der Waals surface area contributed by atoms with E-state index in [1.165, 1.54) is 18.2 Å². The standard InChI is InChI=1S/C12H17N3O4S/c13-9-3-1-4-10(7-9)14-20(18,19)12-6-2-5-11(8-12)15(16)17/h2,5-6,8-10,14H,1,3-4,7,13H2. The largest absolute Gasteiger partial charge is 0.328 e. The van der Waals surface area contributed by atoms with Crippen LogP contribution in [0.25, 0.3) is 0 Å². The maximum Gasteiger partial charge on any atom is 0.270 e. The molecule has 0 heterocycles. The maximum atomic E-state index is 12.2. The van der Waals surface area contributed by atoms with Crippen LogP contribution in [0.4, 0.5) is 5.69 Å². The number of nitrogens with one attached hydrogen (secondary N) is 1. The van der Waals surface area contributed by atoms with Gasteiger partial charge in [0.05, 0.1) is 9.82 Å². The number of sulfonamides is 1. The number of benzene rings is 1. The number of nitrogens with zero attached hydrogens (tertiary/aromatic N) is 1. The Bertz CT molecular complexity index is 602. The molecule has 1 aromatic carbocycles. The first-order valence-electron chi connectivity index (χ1n) is 6.41. The van der Waals surface area contributed by atoms with Crippen LogP contribution in [-0.4, -0.2) is 25.4 Å². The van der Waals surface area contributed by atoms with E-state index in [-0.39, 0.29) is 22.7 Å². The zero-order valence-electron chi connectivity index (χ0n) is 10.9. The van der Waals surface area contributed by atoms with Gasteiger partial charge in [-0.2, -0.15) is 0 Å². The number of hydrogen-bond acceptors (Lipinski definition) is 5. The Morgan fingerprint density at radius 1 is 1.35 bits per heavy atom. The summed E-state index contributed by atoms with van der Waals surface area (Å²) in [6, 6.07) is 4.82. The molecule has 110 valence electrons. The first-order valence-corrected chi connectivity index (χ1v) is 7.89. The average molecular weight is 299 g/mol. The molecule has 0 aromatic heterocycles. The number of hydrogen-bond donors (Lipinski definition) is 2. The Kier molecular flexibility index (Phi) is 4.36. The lowest BCUT2D eigenvalue weighted by Gasteiger charge is -2.27. The van der Waals surface area contributed by atoms with Gasteiger partial charge in [-0.25, -0.2) is 13.1 Å². The van der Waals surface area contributed by atoms with E-state index in [1.54, 1.807) is 0 Å². The molecule has 7 nitrogen and oxygen atoms in total. The summed E-state index contributed by atoms with van der Waals surface area (Å²) >= 11 is 0. The van der Waals surface area contributed by atoms with E-state index in [0.29, 0.717) is 6.42 Å². The van der Waals surface area contributed by atoms with E-state index >= 15 is 0 Å². The van der Waals surface area contributed by atoms with Crippen molar-refractivity contribution in [3.63, 3.8) is 0 Å². The Morgan fingerprint density at radius 3 is 2.75 bits per heavy atom. The third-order valence-corrected chi connectivity index (χ3v) is 4.89. The van der Waals surface area contributed by atoms with E-state index in [2.05, 4.69) is 4.72 Å². The molecule has 2 atom stereocenters. The van der Waals surface area contributed by atoms with Gasteiger partial charge in [0.25, 0.3) is 5.69 Å². The lowest BCUT2D eigenvalue weighted by molar-refractivity contribution is -0.385. The number of nitrogens with two attached hydrogens (primary N) is 1. The Balaban J connectivity index is 2.17. The molecule has 1 aliphatic rings. The van der Waals surface area contributed by atoms with Crippen LogP contribution in [0.5, 0.6) is 0 Å². The third-order valence-electron chi connectivity index (χ3n) is 3.38. The molecule has 0 spiro atoms. The third kappa shape index (κ3) is 3.53. The van der Waals surface area contributed by atoms with Crippen molar-refractivity contribution in [2.75, 3.05) is 0 Å². The summed E-state index contributed by atoms with van der Waals surface area (Å²) in [5.74, 6) is 0. The maximum absolute atomic E-state index is 12.2. The van der Waals surface area contributed by atoms with Crippen molar-refractivity contribution < 1.29 is 13.3 Å². The molecule has 0 saturated heterocycles. The van der Waals surface area contributed by atoms with Crippen molar-refractivity contribution >= 4 is 15.7 Å². The molecular formula is C12H17N3O4S. The zero-order chi connectivity index (χ0) is 14.8. The minimum absolute atomic E-state index is 0.00144. The van der Waals surface area contributed by atoms with Crippen LogP contribution in [0, 0.1) is 10.1 Å². The van der Waals surface area contributed by atoms with Crippen LogP contribution in [0.3, 0.4) is 0 Å². The molecule has 2 rings (SSSR count). The highest BCUT2D eigenvalue weighted by atomic mass is 32.2. The van der Waals surface area contributed by atoms with Crippen molar-refractivity contribution in [1.29, 1.82) is 0 Å². The van der Waals surface area contributed by atoms with Gasteiger partial charge >= 0.3 is 0 Å². The van der Waals surface area contributed by atoms with Gasteiger partial charge in [-0.1, -0.05) is 12.5 Å². The minimum Gasteiger partial charge on any atom is -0.328 e.